The molecule has 0 aliphatic carbocycles. The summed E-state index contributed by atoms with van der Waals surface area (Å²) in [6.45, 7) is 11.3. The molecule has 136 valence electrons. The van der Waals surface area contributed by atoms with Gasteiger partial charge in [0.25, 0.3) is 0 Å². The van der Waals surface area contributed by atoms with Crippen LogP contribution < -0.4 is 0 Å². The minimum atomic E-state index is -0.00212. The zero-order chi connectivity index (χ0) is 16.2. The second-order valence-electron chi connectivity index (χ2n) is 7.09. The maximum atomic E-state index is 5.91. The Bertz CT molecular complexity index is 251. The zero-order valence-electron chi connectivity index (χ0n) is 15.3. The maximum absolute atomic E-state index is 5.91. The molecule has 0 atom stereocenters. The molecule has 2 saturated heterocycles. The molecule has 0 aromatic carbocycles. The van der Waals surface area contributed by atoms with Crippen molar-refractivity contribution >= 4 is 0 Å². The topological polar surface area (TPSA) is 24.9 Å². The normalized spacial score (nSPS) is 21.1. The van der Waals surface area contributed by atoms with Crippen LogP contribution in [-0.4, -0.2) is 68.6 Å². The van der Waals surface area contributed by atoms with Gasteiger partial charge >= 0.3 is 0 Å². The first-order valence-electron chi connectivity index (χ1n) is 10.1. The molecule has 0 N–H and O–H groups in total. The Hall–Kier alpha value is -0.160. The minimum Gasteiger partial charge on any atom is -0.353 e. The summed E-state index contributed by atoms with van der Waals surface area (Å²) in [5.41, 5.74) is 0. The Morgan fingerprint density at radius 2 is 1.13 bits per heavy atom. The zero-order valence-corrected chi connectivity index (χ0v) is 15.3. The standard InChI is InChI=1S/C19H38N2O2/c1-2-19(22-17-9-15-20-11-5-3-6-12-20)23-18-10-16-21-13-7-4-8-14-21/h19H,2-18H2,1H3. The average molecular weight is 327 g/mol. The van der Waals surface area contributed by atoms with Gasteiger partial charge in [-0.15, -0.1) is 0 Å². The van der Waals surface area contributed by atoms with E-state index in [1.165, 1.54) is 77.8 Å². The molecule has 0 aromatic rings. The second kappa shape index (κ2) is 12.2. The lowest BCUT2D eigenvalue weighted by Crippen LogP contribution is -2.32. The maximum Gasteiger partial charge on any atom is 0.157 e. The van der Waals surface area contributed by atoms with Crippen molar-refractivity contribution in [2.75, 3.05) is 52.5 Å². The van der Waals surface area contributed by atoms with E-state index in [0.29, 0.717) is 0 Å². The summed E-state index contributed by atoms with van der Waals surface area (Å²) in [4.78, 5) is 5.15. The average Bonchev–Trinajstić information content (AvgIpc) is 2.62. The smallest absolute Gasteiger partial charge is 0.157 e. The molecule has 0 bridgehead atoms. The van der Waals surface area contributed by atoms with E-state index in [9.17, 15) is 0 Å². The summed E-state index contributed by atoms with van der Waals surface area (Å²) in [6.07, 6.45) is 11.5. The van der Waals surface area contributed by atoms with Gasteiger partial charge in [0.05, 0.1) is 13.2 Å². The van der Waals surface area contributed by atoms with Crippen LogP contribution in [0.2, 0.25) is 0 Å². The molecular formula is C19H38N2O2. The Morgan fingerprint density at radius 3 is 1.52 bits per heavy atom. The molecule has 2 fully saturated rings. The van der Waals surface area contributed by atoms with E-state index in [2.05, 4.69) is 16.7 Å². The molecule has 0 spiro atoms. The van der Waals surface area contributed by atoms with Crippen LogP contribution in [0.1, 0.15) is 64.7 Å². The summed E-state index contributed by atoms with van der Waals surface area (Å²) < 4.78 is 11.8. The second-order valence-corrected chi connectivity index (χ2v) is 7.09. The van der Waals surface area contributed by atoms with Crippen LogP contribution in [-0.2, 0) is 9.47 Å². The number of hydrogen-bond donors (Lipinski definition) is 0. The number of nitrogens with zero attached hydrogens (tertiary/aromatic N) is 2. The SMILES string of the molecule is CCC(OCCCN1CCCCC1)OCCCN1CCCCC1. The molecule has 2 aliphatic rings. The summed E-state index contributed by atoms with van der Waals surface area (Å²) in [7, 11) is 0. The number of ether oxygens (including phenoxy) is 2. The number of hydrogen-bond acceptors (Lipinski definition) is 4. The highest BCUT2D eigenvalue weighted by atomic mass is 16.7. The Kier molecular flexibility index (Phi) is 10.2. The third kappa shape index (κ3) is 8.48. The van der Waals surface area contributed by atoms with Gasteiger partial charge in [-0.2, -0.15) is 0 Å². The van der Waals surface area contributed by atoms with Gasteiger partial charge in [-0.3, -0.25) is 0 Å². The lowest BCUT2D eigenvalue weighted by Gasteiger charge is -2.27. The molecule has 0 radical (unpaired) electrons. The van der Waals surface area contributed by atoms with Crippen molar-refractivity contribution in [1.29, 1.82) is 0 Å². The Morgan fingerprint density at radius 1 is 0.696 bits per heavy atom. The molecule has 23 heavy (non-hydrogen) atoms. The molecule has 4 heteroatoms. The van der Waals surface area contributed by atoms with E-state index in [0.717, 1.165) is 32.5 Å². The molecule has 0 saturated carbocycles. The highest BCUT2D eigenvalue weighted by Gasteiger charge is 2.12. The van der Waals surface area contributed by atoms with Crippen LogP contribution in [0.4, 0.5) is 0 Å². The van der Waals surface area contributed by atoms with Crippen LogP contribution in [0.25, 0.3) is 0 Å². The molecule has 4 nitrogen and oxygen atoms in total. The Balaban J connectivity index is 1.44. The molecule has 2 aliphatic heterocycles. The van der Waals surface area contributed by atoms with Gasteiger partial charge in [0.15, 0.2) is 6.29 Å². The quantitative estimate of drug-likeness (QED) is 0.428. The van der Waals surface area contributed by atoms with Gasteiger partial charge in [0.1, 0.15) is 0 Å². The molecule has 0 aromatic heterocycles. The minimum absolute atomic E-state index is 0.00212. The molecule has 0 amide bonds. The lowest BCUT2D eigenvalue weighted by molar-refractivity contribution is -0.145. The highest BCUT2D eigenvalue weighted by Crippen LogP contribution is 2.10. The highest BCUT2D eigenvalue weighted by molar-refractivity contribution is 4.65. The summed E-state index contributed by atoms with van der Waals surface area (Å²) in [6, 6.07) is 0. The van der Waals surface area contributed by atoms with Gasteiger partial charge in [-0.25, -0.2) is 0 Å². The number of likely N-dealkylation sites (tertiary alicyclic amines) is 2. The van der Waals surface area contributed by atoms with E-state index in [1.54, 1.807) is 0 Å². The van der Waals surface area contributed by atoms with Crippen molar-refractivity contribution in [3.8, 4) is 0 Å². The van der Waals surface area contributed by atoms with E-state index in [-0.39, 0.29) is 6.29 Å². The third-order valence-electron chi connectivity index (χ3n) is 5.08. The fourth-order valence-corrected chi connectivity index (χ4v) is 3.66. The van der Waals surface area contributed by atoms with E-state index < -0.39 is 0 Å². The van der Waals surface area contributed by atoms with Crippen molar-refractivity contribution in [2.45, 2.75) is 71.0 Å². The molecule has 0 unspecified atom stereocenters. The van der Waals surface area contributed by atoms with E-state index in [1.807, 2.05) is 0 Å². The van der Waals surface area contributed by atoms with Gasteiger partial charge in [-0.05, 0) is 71.1 Å². The van der Waals surface area contributed by atoms with Gasteiger partial charge < -0.3 is 19.3 Å². The van der Waals surface area contributed by atoms with Crippen molar-refractivity contribution in [3.05, 3.63) is 0 Å². The van der Waals surface area contributed by atoms with Crippen LogP contribution >= 0.6 is 0 Å². The van der Waals surface area contributed by atoms with E-state index in [4.69, 9.17) is 9.47 Å². The van der Waals surface area contributed by atoms with Crippen molar-refractivity contribution in [2.24, 2.45) is 0 Å². The number of rotatable bonds is 11. The summed E-state index contributed by atoms with van der Waals surface area (Å²) in [5, 5.41) is 0. The Labute approximate surface area is 143 Å². The first-order valence-corrected chi connectivity index (χ1v) is 10.1. The van der Waals surface area contributed by atoms with Gasteiger partial charge in [0.2, 0.25) is 0 Å². The molecule has 2 rings (SSSR count). The molecule has 2 heterocycles. The van der Waals surface area contributed by atoms with Crippen LogP contribution in [0.3, 0.4) is 0 Å². The number of piperidine rings is 2. The summed E-state index contributed by atoms with van der Waals surface area (Å²) >= 11 is 0. The van der Waals surface area contributed by atoms with Crippen molar-refractivity contribution < 1.29 is 9.47 Å². The van der Waals surface area contributed by atoms with E-state index >= 15 is 0 Å². The largest absolute Gasteiger partial charge is 0.353 e. The fraction of sp³-hybridized carbons (Fsp3) is 1.00. The predicted molar refractivity (Wildman–Crippen MR) is 95.8 cm³/mol. The summed E-state index contributed by atoms with van der Waals surface area (Å²) in [5.74, 6) is 0. The first-order chi connectivity index (χ1) is 11.4. The van der Waals surface area contributed by atoms with Gasteiger partial charge in [0, 0.05) is 13.1 Å². The van der Waals surface area contributed by atoms with Gasteiger partial charge in [-0.1, -0.05) is 19.8 Å². The monoisotopic (exact) mass is 326 g/mol. The van der Waals surface area contributed by atoms with Crippen LogP contribution in [0.5, 0.6) is 0 Å². The lowest BCUT2D eigenvalue weighted by atomic mass is 10.1. The molecular weight excluding hydrogens is 288 g/mol. The first kappa shape index (κ1) is 19.2. The fourth-order valence-electron chi connectivity index (χ4n) is 3.66. The van der Waals surface area contributed by atoms with Crippen molar-refractivity contribution in [1.82, 2.24) is 9.80 Å². The predicted octanol–water partition coefficient (Wildman–Crippen LogP) is 3.51. The third-order valence-corrected chi connectivity index (χ3v) is 5.08. The van der Waals surface area contributed by atoms with Crippen molar-refractivity contribution in [3.63, 3.8) is 0 Å². The van der Waals surface area contributed by atoms with Crippen LogP contribution in [0.15, 0.2) is 0 Å². The van der Waals surface area contributed by atoms with Crippen LogP contribution in [0, 0.1) is 0 Å².